The van der Waals surface area contributed by atoms with Crippen molar-refractivity contribution in [2.24, 2.45) is 0 Å². The van der Waals surface area contributed by atoms with Gasteiger partial charge in [0.05, 0.1) is 0 Å². The van der Waals surface area contributed by atoms with E-state index in [9.17, 15) is 14.4 Å². The van der Waals surface area contributed by atoms with Gasteiger partial charge in [-0.15, -0.1) is 0 Å². The van der Waals surface area contributed by atoms with Crippen LogP contribution in [-0.2, 0) is 28.6 Å². The molecule has 0 N–H and O–H groups in total. The molecule has 448 valence electrons. The third-order valence-electron chi connectivity index (χ3n) is 15.0. The highest BCUT2D eigenvalue weighted by Crippen LogP contribution is 2.17. The van der Waals surface area contributed by atoms with E-state index in [1.807, 2.05) is 0 Å². The zero-order valence-electron chi connectivity index (χ0n) is 51.5. The van der Waals surface area contributed by atoms with Gasteiger partial charge in [0.15, 0.2) is 6.10 Å². The predicted octanol–water partition coefficient (Wildman–Crippen LogP) is 23.1. The van der Waals surface area contributed by atoms with Gasteiger partial charge < -0.3 is 14.2 Å². The van der Waals surface area contributed by atoms with E-state index in [1.165, 1.54) is 231 Å². The van der Waals surface area contributed by atoms with Crippen LogP contribution >= 0.6 is 0 Å². The van der Waals surface area contributed by atoms with Crippen molar-refractivity contribution in [3.63, 3.8) is 0 Å². The fourth-order valence-corrected chi connectivity index (χ4v) is 9.89. The molecular formula is C71H128O6. The predicted molar refractivity (Wildman–Crippen MR) is 335 cm³/mol. The van der Waals surface area contributed by atoms with Crippen molar-refractivity contribution in [3.05, 3.63) is 60.8 Å². The first-order valence-electron chi connectivity index (χ1n) is 33.8. The Morgan fingerprint density at radius 1 is 0.260 bits per heavy atom. The average Bonchev–Trinajstić information content (AvgIpc) is 3.43. The van der Waals surface area contributed by atoms with Gasteiger partial charge in [-0.2, -0.15) is 0 Å². The van der Waals surface area contributed by atoms with Crippen LogP contribution in [-0.4, -0.2) is 37.2 Å². The van der Waals surface area contributed by atoms with Crippen LogP contribution in [0.3, 0.4) is 0 Å². The molecule has 0 aliphatic rings. The average molecular weight is 1080 g/mol. The van der Waals surface area contributed by atoms with Gasteiger partial charge in [0.2, 0.25) is 0 Å². The number of allylic oxidation sites excluding steroid dienone is 10. The minimum atomic E-state index is -0.778. The number of hydrogen-bond acceptors (Lipinski definition) is 6. The SMILES string of the molecule is CCCCC/C=C\C/C=C\C/C=C\CCCCCCCCC(=O)OC(COC(=O)CCCCCCCCCCC)COC(=O)CCCCCCCCCCCCCCCCCCCCC/C=C\C/C=C\CCCCCCC. The lowest BCUT2D eigenvalue weighted by Gasteiger charge is -2.18. The number of unbranched alkanes of at least 4 members (excludes halogenated alkanes) is 41. The summed E-state index contributed by atoms with van der Waals surface area (Å²) in [5.74, 6) is -0.872. The molecule has 0 radical (unpaired) electrons. The standard InChI is InChI=1S/C71H128O6/c1-4-7-10-13-16-19-21-23-25-27-29-30-31-32-33-34-35-36-37-38-39-40-42-43-45-47-49-52-55-58-61-64-70(73)76-67-68(66-75-69(72)63-60-57-54-51-18-15-12-9-6-3)77-71(74)65-62-59-56-53-50-48-46-44-41-28-26-24-22-20-17-14-11-8-5-2/h17,20-21,23-24,26-27,29,41,44,68H,4-16,18-19,22,25,28,30-40,42-43,45-67H2,1-3H3/b20-17-,23-21-,26-24-,29-27-,44-41-. The highest BCUT2D eigenvalue weighted by molar-refractivity contribution is 5.71. The summed E-state index contributed by atoms with van der Waals surface area (Å²) in [6.07, 6.45) is 84.0. The molecule has 0 aromatic carbocycles. The summed E-state index contributed by atoms with van der Waals surface area (Å²) >= 11 is 0. The van der Waals surface area contributed by atoms with E-state index in [1.54, 1.807) is 0 Å². The summed E-state index contributed by atoms with van der Waals surface area (Å²) in [5.41, 5.74) is 0. The molecule has 0 aromatic heterocycles. The van der Waals surface area contributed by atoms with Crippen molar-refractivity contribution in [2.45, 2.75) is 361 Å². The topological polar surface area (TPSA) is 78.9 Å². The van der Waals surface area contributed by atoms with Gasteiger partial charge in [-0.05, 0) is 89.9 Å². The molecule has 0 amide bonds. The zero-order chi connectivity index (χ0) is 55.7. The van der Waals surface area contributed by atoms with Crippen molar-refractivity contribution in [2.75, 3.05) is 13.2 Å². The Morgan fingerprint density at radius 2 is 0.468 bits per heavy atom. The number of ether oxygens (including phenoxy) is 3. The minimum absolute atomic E-state index is 0.0754. The quantitative estimate of drug-likeness (QED) is 0.0261. The highest BCUT2D eigenvalue weighted by Gasteiger charge is 2.19. The molecule has 1 atom stereocenters. The second-order valence-electron chi connectivity index (χ2n) is 22.7. The van der Waals surface area contributed by atoms with Gasteiger partial charge in [-0.1, -0.05) is 306 Å². The van der Waals surface area contributed by atoms with E-state index < -0.39 is 6.10 Å². The van der Waals surface area contributed by atoms with Crippen molar-refractivity contribution in [1.82, 2.24) is 0 Å². The van der Waals surface area contributed by atoms with Crippen molar-refractivity contribution >= 4 is 17.9 Å². The smallest absolute Gasteiger partial charge is 0.306 e. The molecule has 0 spiro atoms. The summed E-state index contributed by atoms with van der Waals surface area (Å²) < 4.78 is 16.9. The Balaban J connectivity index is 4.10. The van der Waals surface area contributed by atoms with Gasteiger partial charge in [-0.3, -0.25) is 14.4 Å². The largest absolute Gasteiger partial charge is 0.462 e. The second kappa shape index (κ2) is 65.6. The number of esters is 3. The van der Waals surface area contributed by atoms with Crippen LogP contribution in [0.5, 0.6) is 0 Å². The van der Waals surface area contributed by atoms with Gasteiger partial charge in [-0.25, -0.2) is 0 Å². The Labute approximate surface area is 479 Å². The maximum Gasteiger partial charge on any atom is 0.306 e. The monoisotopic (exact) mass is 1080 g/mol. The van der Waals surface area contributed by atoms with E-state index in [4.69, 9.17) is 14.2 Å². The van der Waals surface area contributed by atoms with Crippen LogP contribution in [0.1, 0.15) is 355 Å². The Hall–Kier alpha value is -2.89. The Morgan fingerprint density at radius 3 is 0.753 bits per heavy atom. The lowest BCUT2D eigenvalue weighted by atomic mass is 10.0. The van der Waals surface area contributed by atoms with Crippen LogP contribution in [0.2, 0.25) is 0 Å². The van der Waals surface area contributed by atoms with Crippen molar-refractivity contribution in [3.8, 4) is 0 Å². The van der Waals surface area contributed by atoms with Gasteiger partial charge in [0, 0.05) is 19.3 Å². The third-order valence-corrected chi connectivity index (χ3v) is 15.0. The van der Waals surface area contributed by atoms with E-state index in [-0.39, 0.29) is 31.1 Å². The maximum atomic E-state index is 12.9. The first kappa shape index (κ1) is 74.1. The number of hydrogen-bond donors (Lipinski definition) is 0. The lowest BCUT2D eigenvalue weighted by Crippen LogP contribution is -2.30. The van der Waals surface area contributed by atoms with Crippen LogP contribution in [0.4, 0.5) is 0 Å². The van der Waals surface area contributed by atoms with E-state index in [0.29, 0.717) is 19.3 Å². The molecular weight excluding hydrogens is 949 g/mol. The molecule has 0 saturated carbocycles. The van der Waals surface area contributed by atoms with Crippen LogP contribution in [0.15, 0.2) is 60.8 Å². The number of carbonyl (C=O) groups is 3. The third kappa shape index (κ3) is 63.8. The molecule has 0 heterocycles. The normalized spacial score (nSPS) is 12.4. The molecule has 77 heavy (non-hydrogen) atoms. The van der Waals surface area contributed by atoms with E-state index >= 15 is 0 Å². The van der Waals surface area contributed by atoms with Crippen molar-refractivity contribution in [1.29, 1.82) is 0 Å². The first-order chi connectivity index (χ1) is 38.0. The summed E-state index contributed by atoms with van der Waals surface area (Å²) in [4.78, 5) is 38.2. The Bertz CT molecular complexity index is 1380. The van der Waals surface area contributed by atoms with Gasteiger partial charge in [0.1, 0.15) is 13.2 Å². The highest BCUT2D eigenvalue weighted by atomic mass is 16.6. The van der Waals surface area contributed by atoms with Gasteiger partial charge in [0.25, 0.3) is 0 Å². The molecule has 0 rings (SSSR count). The minimum Gasteiger partial charge on any atom is -0.462 e. The molecule has 0 aromatic rings. The molecule has 0 aliphatic heterocycles. The van der Waals surface area contributed by atoms with Gasteiger partial charge >= 0.3 is 17.9 Å². The molecule has 0 fully saturated rings. The molecule has 6 heteroatoms. The molecule has 6 nitrogen and oxygen atoms in total. The maximum absolute atomic E-state index is 12.9. The molecule has 0 aliphatic carbocycles. The van der Waals surface area contributed by atoms with Crippen LogP contribution < -0.4 is 0 Å². The van der Waals surface area contributed by atoms with E-state index in [2.05, 4.69) is 81.5 Å². The lowest BCUT2D eigenvalue weighted by molar-refractivity contribution is -0.167. The second-order valence-corrected chi connectivity index (χ2v) is 22.7. The van der Waals surface area contributed by atoms with Crippen LogP contribution in [0, 0.1) is 0 Å². The van der Waals surface area contributed by atoms with Crippen LogP contribution in [0.25, 0.3) is 0 Å². The molecule has 1 unspecified atom stereocenters. The summed E-state index contributed by atoms with van der Waals surface area (Å²) in [6.45, 7) is 6.62. The summed E-state index contributed by atoms with van der Waals surface area (Å²) in [6, 6.07) is 0. The molecule has 0 saturated heterocycles. The summed E-state index contributed by atoms with van der Waals surface area (Å²) in [7, 11) is 0. The zero-order valence-corrected chi connectivity index (χ0v) is 51.5. The van der Waals surface area contributed by atoms with E-state index in [0.717, 1.165) is 83.5 Å². The number of rotatable bonds is 62. The molecule has 0 bridgehead atoms. The fourth-order valence-electron chi connectivity index (χ4n) is 9.89. The Kier molecular flexibility index (Phi) is 63.2. The van der Waals surface area contributed by atoms with Crippen molar-refractivity contribution < 1.29 is 28.6 Å². The summed E-state index contributed by atoms with van der Waals surface area (Å²) in [5, 5.41) is 0. The first-order valence-corrected chi connectivity index (χ1v) is 33.8. The fraction of sp³-hybridized carbons (Fsp3) is 0.817. The number of carbonyl (C=O) groups excluding carboxylic acids is 3.